The van der Waals surface area contributed by atoms with Crippen LogP contribution in [0.1, 0.15) is 55.1 Å². The van der Waals surface area contributed by atoms with Crippen LogP contribution in [0.2, 0.25) is 10.0 Å². The van der Waals surface area contributed by atoms with Crippen LogP contribution in [-0.2, 0) is 5.41 Å². The van der Waals surface area contributed by atoms with Gasteiger partial charge in [0.2, 0.25) is 0 Å². The molecule has 0 radical (unpaired) electrons. The first-order valence-electron chi connectivity index (χ1n) is 10.9. The lowest BCUT2D eigenvalue weighted by atomic mass is 9.85. The van der Waals surface area contributed by atoms with Gasteiger partial charge in [-0.2, -0.15) is 5.26 Å². The van der Waals surface area contributed by atoms with Crippen LogP contribution in [0.4, 0.5) is 0 Å². The average Bonchev–Trinajstić information content (AvgIpc) is 3.25. The minimum Gasteiger partial charge on any atom is -0.493 e. The zero-order valence-corrected chi connectivity index (χ0v) is 20.3. The molecule has 0 saturated heterocycles. The summed E-state index contributed by atoms with van der Waals surface area (Å²) in [5, 5.41) is 14.6. The van der Waals surface area contributed by atoms with Gasteiger partial charge in [0.1, 0.15) is 17.6 Å². The fourth-order valence-corrected chi connectivity index (χ4v) is 4.19. The number of amidine groups is 1. The van der Waals surface area contributed by atoms with E-state index in [0.29, 0.717) is 16.7 Å². The maximum Gasteiger partial charge on any atom is 0.133 e. The quantitative estimate of drug-likeness (QED) is 0.414. The van der Waals surface area contributed by atoms with Gasteiger partial charge in [0.15, 0.2) is 0 Å². The average molecular weight is 478 g/mol. The van der Waals surface area contributed by atoms with E-state index in [1.807, 2.05) is 87.5 Å². The van der Waals surface area contributed by atoms with E-state index in [1.54, 1.807) is 0 Å². The van der Waals surface area contributed by atoms with Crippen molar-refractivity contribution in [3.8, 4) is 11.8 Å². The van der Waals surface area contributed by atoms with Crippen molar-refractivity contribution < 1.29 is 4.74 Å². The monoisotopic (exact) mass is 477 g/mol. The number of ether oxygens (including phenoxy) is 1. The number of rotatable bonds is 6. The molecule has 0 unspecified atom stereocenters. The number of benzene rings is 3. The minimum atomic E-state index is -0.635. The second-order valence-corrected chi connectivity index (χ2v) is 9.40. The van der Waals surface area contributed by atoms with Gasteiger partial charge in [0.05, 0.1) is 29.7 Å². The number of nitrogens with one attached hydrogen (secondary N) is 1. The molecule has 0 amide bonds. The highest BCUT2D eigenvalue weighted by Gasteiger charge is 2.33. The van der Waals surface area contributed by atoms with Gasteiger partial charge >= 0.3 is 0 Å². The zero-order chi connectivity index (χ0) is 23.6. The van der Waals surface area contributed by atoms with Crippen molar-refractivity contribution in [2.75, 3.05) is 6.61 Å². The Bertz CT molecular complexity index is 1210. The van der Waals surface area contributed by atoms with Crippen molar-refractivity contribution in [2.24, 2.45) is 4.99 Å². The predicted molar refractivity (Wildman–Crippen MR) is 134 cm³/mol. The van der Waals surface area contributed by atoms with Crippen LogP contribution in [0.3, 0.4) is 0 Å². The number of hydrogen-bond donors (Lipinski definition) is 1. The Morgan fingerprint density at radius 1 is 0.970 bits per heavy atom. The Labute approximate surface area is 204 Å². The first kappa shape index (κ1) is 23.2. The molecule has 0 saturated carbocycles. The molecule has 2 atom stereocenters. The van der Waals surface area contributed by atoms with Crippen molar-refractivity contribution in [1.29, 1.82) is 5.26 Å². The van der Waals surface area contributed by atoms with E-state index in [0.717, 1.165) is 33.8 Å². The molecule has 0 aromatic heterocycles. The van der Waals surface area contributed by atoms with Crippen LogP contribution in [-0.4, -0.2) is 12.4 Å². The van der Waals surface area contributed by atoms with Gasteiger partial charge in [-0.3, -0.25) is 4.99 Å². The standard InChI is InChI=1S/C27H25Cl2N3O/c1-4-33-23-14-9-19(27(2,3)16-30)15-22(23)26-31-24(17-5-10-20(28)11-6-17)25(32-26)18-7-12-21(29)13-8-18/h5-15,24-25H,4H2,1-3H3,(H,31,32)/t24-,25+. The van der Waals surface area contributed by atoms with Crippen LogP contribution in [0.25, 0.3) is 0 Å². The fraction of sp³-hybridized carbons (Fsp3) is 0.259. The van der Waals surface area contributed by atoms with Crippen LogP contribution in [0, 0.1) is 11.3 Å². The van der Waals surface area contributed by atoms with Crippen molar-refractivity contribution in [2.45, 2.75) is 38.3 Å². The lowest BCUT2D eigenvalue weighted by Crippen LogP contribution is -2.26. The largest absolute Gasteiger partial charge is 0.493 e. The molecule has 6 heteroatoms. The maximum atomic E-state index is 9.65. The van der Waals surface area contributed by atoms with Gasteiger partial charge in [-0.15, -0.1) is 0 Å². The predicted octanol–water partition coefficient (Wildman–Crippen LogP) is 7.03. The van der Waals surface area contributed by atoms with Crippen LogP contribution in [0.5, 0.6) is 5.75 Å². The van der Waals surface area contributed by atoms with Gasteiger partial charge in [-0.05, 0) is 73.9 Å². The van der Waals surface area contributed by atoms with Crippen LogP contribution in [0.15, 0.2) is 71.7 Å². The minimum absolute atomic E-state index is 0.0967. The zero-order valence-electron chi connectivity index (χ0n) is 18.8. The van der Waals surface area contributed by atoms with Gasteiger partial charge < -0.3 is 10.1 Å². The number of hydrogen-bond acceptors (Lipinski definition) is 4. The molecule has 33 heavy (non-hydrogen) atoms. The summed E-state index contributed by atoms with van der Waals surface area (Å²) in [4.78, 5) is 5.10. The molecule has 0 spiro atoms. The first-order valence-corrected chi connectivity index (χ1v) is 11.6. The number of nitriles is 1. The first-order chi connectivity index (χ1) is 15.8. The van der Waals surface area contributed by atoms with Gasteiger partial charge in [-0.25, -0.2) is 0 Å². The molecule has 168 valence electrons. The summed E-state index contributed by atoms with van der Waals surface area (Å²) in [5.41, 5.74) is 3.24. The second-order valence-electron chi connectivity index (χ2n) is 8.53. The summed E-state index contributed by atoms with van der Waals surface area (Å²) in [6.45, 7) is 6.29. The molecule has 4 nitrogen and oxygen atoms in total. The molecular weight excluding hydrogens is 453 g/mol. The van der Waals surface area contributed by atoms with Crippen molar-refractivity contribution in [3.63, 3.8) is 0 Å². The Morgan fingerprint density at radius 2 is 1.58 bits per heavy atom. The molecule has 1 N–H and O–H groups in total. The summed E-state index contributed by atoms with van der Waals surface area (Å²) < 4.78 is 5.93. The van der Waals surface area contributed by atoms with E-state index in [9.17, 15) is 5.26 Å². The topological polar surface area (TPSA) is 57.4 Å². The van der Waals surface area contributed by atoms with E-state index in [-0.39, 0.29) is 12.1 Å². The van der Waals surface area contributed by atoms with Crippen molar-refractivity contribution in [3.05, 3.63) is 99.0 Å². The Hall–Kier alpha value is -3.00. The molecule has 0 fully saturated rings. The third kappa shape index (κ3) is 4.85. The maximum absolute atomic E-state index is 9.65. The molecule has 0 bridgehead atoms. The SMILES string of the molecule is CCOc1ccc(C(C)(C)C#N)cc1C1=N[C@@H](c2ccc(Cl)cc2)[C@@H](c2ccc(Cl)cc2)N1. The van der Waals surface area contributed by atoms with E-state index >= 15 is 0 Å². The highest BCUT2D eigenvalue weighted by atomic mass is 35.5. The Kier molecular flexibility index (Phi) is 6.65. The number of nitrogens with zero attached hydrogens (tertiary/aromatic N) is 2. The molecule has 4 rings (SSSR count). The van der Waals surface area contributed by atoms with E-state index in [2.05, 4.69) is 11.4 Å². The molecule has 3 aromatic carbocycles. The molecule has 1 heterocycles. The summed E-state index contributed by atoms with van der Waals surface area (Å²) >= 11 is 12.3. The van der Waals surface area contributed by atoms with E-state index in [1.165, 1.54) is 0 Å². The lowest BCUT2D eigenvalue weighted by molar-refractivity contribution is 0.339. The van der Waals surface area contributed by atoms with E-state index < -0.39 is 5.41 Å². The van der Waals surface area contributed by atoms with E-state index in [4.69, 9.17) is 32.9 Å². The highest BCUT2D eigenvalue weighted by molar-refractivity contribution is 6.30. The van der Waals surface area contributed by atoms with Gasteiger partial charge in [-0.1, -0.05) is 53.5 Å². The highest BCUT2D eigenvalue weighted by Crippen LogP contribution is 2.39. The summed E-state index contributed by atoms with van der Waals surface area (Å²) in [5.74, 6) is 1.46. The summed E-state index contributed by atoms with van der Waals surface area (Å²) in [6, 6.07) is 23.6. The second kappa shape index (κ2) is 9.47. The Balaban J connectivity index is 1.82. The molecular formula is C27H25Cl2N3O. The molecule has 0 aliphatic carbocycles. The fourth-order valence-electron chi connectivity index (χ4n) is 3.94. The molecule has 3 aromatic rings. The van der Waals surface area contributed by atoms with Crippen LogP contribution >= 0.6 is 23.2 Å². The van der Waals surface area contributed by atoms with Gasteiger partial charge in [0, 0.05) is 10.0 Å². The summed E-state index contributed by atoms with van der Waals surface area (Å²) in [6.07, 6.45) is 0. The van der Waals surface area contributed by atoms with Crippen LogP contribution < -0.4 is 10.1 Å². The van der Waals surface area contributed by atoms with Crippen molar-refractivity contribution in [1.82, 2.24) is 5.32 Å². The van der Waals surface area contributed by atoms with Crippen molar-refractivity contribution >= 4 is 29.0 Å². The smallest absolute Gasteiger partial charge is 0.133 e. The third-order valence-corrected chi connectivity index (χ3v) is 6.36. The third-order valence-electron chi connectivity index (χ3n) is 5.85. The Morgan fingerprint density at radius 3 is 2.15 bits per heavy atom. The summed E-state index contributed by atoms with van der Waals surface area (Å²) in [7, 11) is 0. The number of aliphatic imine (C=N–C) groups is 1. The van der Waals surface area contributed by atoms with Gasteiger partial charge in [0.25, 0.3) is 0 Å². The lowest BCUT2D eigenvalue weighted by Gasteiger charge is -2.21. The molecule has 1 aliphatic heterocycles. The number of halogens is 2. The molecule has 1 aliphatic rings. The normalized spacial score (nSPS) is 17.8.